The van der Waals surface area contributed by atoms with Crippen molar-refractivity contribution < 1.29 is 13.5 Å². The summed E-state index contributed by atoms with van der Waals surface area (Å²) in [5.74, 6) is -1.44. The van der Waals surface area contributed by atoms with Gasteiger partial charge < -0.3 is 0 Å². The fourth-order valence-electron chi connectivity index (χ4n) is 2.32. The Balaban J connectivity index is 2.88. The summed E-state index contributed by atoms with van der Waals surface area (Å²) < 4.78 is 35.6. The van der Waals surface area contributed by atoms with E-state index in [1.807, 2.05) is 6.92 Å². The zero-order valence-electron chi connectivity index (χ0n) is 12.6. The zero-order chi connectivity index (χ0) is 17.1. The standard InChI is InChI=1S/C15H15F2N2O2SSe/c1-3-12-13(9-5-10(16)7-11(17)6-9)18(8-21-4-2)15(22)19(23)14(12)20/h5-7H,3-4,8H2,1-2H3. The average molecular weight is 404 g/mol. The molecule has 0 unspecified atom stereocenters. The number of halogens is 2. The third kappa shape index (κ3) is 3.61. The zero-order valence-corrected chi connectivity index (χ0v) is 15.2. The van der Waals surface area contributed by atoms with Gasteiger partial charge >= 0.3 is 146 Å². The first kappa shape index (κ1) is 18.0. The number of rotatable bonds is 5. The number of hydrogen-bond acceptors (Lipinski definition) is 3. The molecule has 0 bridgehead atoms. The second-order valence-electron chi connectivity index (χ2n) is 4.77. The van der Waals surface area contributed by atoms with Crippen LogP contribution in [0.1, 0.15) is 19.4 Å². The number of hydrogen-bond donors (Lipinski definition) is 0. The molecule has 0 N–H and O–H groups in total. The van der Waals surface area contributed by atoms with E-state index in [-0.39, 0.29) is 22.6 Å². The van der Waals surface area contributed by atoms with E-state index >= 15 is 0 Å². The van der Waals surface area contributed by atoms with Crippen molar-refractivity contribution in [2.24, 2.45) is 0 Å². The van der Waals surface area contributed by atoms with E-state index in [1.54, 1.807) is 11.5 Å². The van der Waals surface area contributed by atoms with Gasteiger partial charge in [0.25, 0.3) is 0 Å². The van der Waals surface area contributed by atoms with Gasteiger partial charge in [0.2, 0.25) is 0 Å². The average Bonchev–Trinajstić information content (AvgIpc) is 2.50. The molecule has 4 nitrogen and oxygen atoms in total. The van der Waals surface area contributed by atoms with Crippen LogP contribution in [-0.4, -0.2) is 31.0 Å². The summed E-state index contributed by atoms with van der Waals surface area (Å²) in [6.07, 6.45) is 0.385. The van der Waals surface area contributed by atoms with E-state index in [9.17, 15) is 13.6 Å². The first-order chi connectivity index (χ1) is 10.9. The molecule has 23 heavy (non-hydrogen) atoms. The maximum atomic E-state index is 13.6. The third-order valence-corrected chi connectivity index (χ3v) is 4.69. The quantitative estimate of drug-likeness (QED) is 0.568. The van der Waals surface area contributed by atoms with Gasteiger partial charge in [0, 0.05) is 0 Å². The first-order valence-corrected chi connectivity index (χ1v) is 8.18. The summed E-state index contributed by atoms with van der Waals surface area (Å²) in [5, 5.41) is 0. The molecule has 0 aliphatic heterocycles. The summed E-state index contributed by atoms with van der Waals surface area (Å²) in [5.41, 5.74) is 0.704. The van der Waals surface area contributed by atoms with Crippen LogP contribution < -0.4 is 5.56 Å². The van der Waals surface area contributed by atoms with Gasteiger partial charge in [-0.05, 0) is 0 Å². The Kier molecular flexibility index (Phi) is 5.86. The topological polar surface area (TPSA) is 36.2 Å². The van der Waals surface area contributed by atoms with Crippen molar-refractivity contribution in [3.63, 3.8) is 0 Å². The molecule has 2 aromatic rings. The van der Waals surface area contributed by atoms with Crippen LogP contribution in [-0.2, 0) is 17.9 Å². The van der Waals surface area contributed by atoms with Crippen molar-refractivity contribution in [2.45, 2.75) is 27.0 Å². The second kappa shape index (κ2) is 7.49. The number of aromatic nitrogens is 2. The van der Waals surface area contributed by atoms with E-state index in [2.05, 4.69) is 16.2 Å². The normalized spacial score (nSPS) is 11.0. The van der Waals surface area contributed by atoms with Crippen LogP contribution in [0, 0.1) is 16.4 Å². The minimum atomic E-state index is -0.719. The van der Waals surface area contributed by atoms with Crippen molar-refractivity contribution in [2.75, 3.05) is 6.61 Å². The molecule has 0 aliphatic rings. The molecule has 123 valence electrons. The molecule has 1 radical (unpaired) electrons. The van der Waals surface area contributed by atoms with Gasteiger partial charge in [0.1, 0.15) is 0 Å². The van der Waals surface area contributed by atoms with Crippen LogP contribution >= 0.6 is 12.2 Å². The molecule has 1 aromatic heterocycles. The molecule has 1 heterocycles. The maximum absolute atomic E-state index is 13.6. The number of ether oxygens (including phenoxy) is 1. The fraction of sp³-hybridized carbons (Fsp3) is 0.333. The molecule has 0 aliphatic carbocycles. The number of nitrogens with zero attached hydrogens (tertiary/aromatic N) is 2. The van der Waals surface area contributed by atoms with Crippen molar-refractivity contribution in [3.05, 3.63) is 50.5 Å². The summed E-state index contributed by atoms with van der Waals surface area (Å²) in [7, 11) is 0. The van der Waals surface area contributed by atoms with Crippen molar-refractivity contribution in [3.8, 4) is 11.3 Å². The molecular weight excluding hydrogens is 389 g/mol. The Hall–Kier alpha value is -1.34. The fourth-order valence-corrected chi connectivity index (χ4v) is 2.99. The summed E-state index contributed by atoms with van der Waals surface area (Å²) >= 11 is 7.89. The van der Waals surface area contributed by atoms with Gasteiger partial charge in [-0.15, -0.1) is 0 Å². The van der Waals surface area contributed by atoms with Crippen LogP contribution in [0.3, 0.4) is 0 Å². The van der Waals surface area contributed by atoms with Gasteiger partial charge in [0.05, 0.1) is 0 Å². The molecule has 0 saturated carbocycles. The molecular formula is C15H15F2N2O2SSe. The Bertz CT molecular complexity index is 828. The minimum absolute atomic E-state index is 0.0811. The summed E-state index contributed by atoms with van der Waals surface area (Å²) in [6.45, 7) is 4.13. The molecule has 0 saturated heterocycles. The van der Waals surface area contributed by atoms with Crippen LogP contribution in [0.5, 0.6) is 0 Å². The van der Waals surface area contributed by atoms with E-state index in [4.69, 9.17) is 17.0 Å². The van der Waals surface area contributed by atoms with E-state index in [1.165, 1.54) is 15.7 Å². The number of benzene rings is 1. The Labute approximate surface area is 145 Å². The van der Waals surface area contributed by atoms with Gasteiger partial charge in [0.15, 0.2) is 0 Å². The Morgan fingerprint density at radius 2 is 1.83 bits per heavy atom. The van der Waals surface area contributed by atoms with Gasteiger partial charge in [-0.3, -0.25) is 0 Å². The van der Waals surface area contributed by atoms with E-state index in [0.29, 0.717) is 24.3 Å². The van der Waals surface area contributed by atoms with Gasteiger partial charge in [-0.25, -0.2) is 0 Å². The van der Waals surface area contributed by atoms with Crippen molar-refractivity contribution >= 4 is 28.4 Å². The van der Waals surface area contributed by atoms with Crippen LogP contribution in [0.15, 0.2) is 23.0 Å². The van der Waals surface area contributed by atoms with Crippen LogP contribution in [0.25, 0.3) is 11.3 Å². The van der Waals surface area contributed by atoms with E-state index < -0.39 is 11.6 Å². The Morgan fingerprint density at radius 3 is 2.35 bits per heavy atom. The monoisotopic (exact) mass is 405 g/mol. The molecule has 2 rings (SSSR count). The predicted octanol–water partition coefficient (Wildman–Crippen LogP) is 2.81. The second-order valence-corrected chi connectivity index (χ2v) is 5.90. The molecule has 0 spiro atoms. The van der Waals surface area contributed by atoms with Crippen molar-refractivity contribution in [1.29, 1.82) is 0 Å². The van der Waals surface area contributed by atoms with Crippen LogP contribution in [0.4, 0.5) is 8.78 Å². The molecule has 1 aromatic carbocycles. The third-order valence-electron chi connectivity index (χ3n) is 3.32. The van der Waals surface area contributed by atoms with Gasteiger partial charge in [-0.2, -0.15) is 0 Å². The van der Waals surface area contributed by atoms with Gasteiger partial charge in [-0.1, -0.05) is 0 Å². The summed E-state index contributed by atoms with van der Waals surface area (Å²) in [4.78, 5) is 12.4. The van der Waals surface area contributed by atoms with Crippen molar-refractivity contribution in [1.82, 2.24) is 8.15 Å². The van der Waals surface area contributed by atoms with E-state index in [0.717, 1.165) is 6.07 Å². The SMILES string of the molecule is CCOCn1c(-c2cc(F)cc(F)c2)c(CC)c(=O)n([Se])c1=S. The summed E-state index contributed by atoms with van der Waals surface area (Å²) in [6, 6.07) is 3.14. The first-order valence-electron chi connectivity index (χ1n) is 7.01. The molecule has 0 amide bonds. The molecule has 0 fully saturated rings. The Morgan fingerprint density at radius 1 is 1.22 bits per heavy atom. The predicted molar refractivity (Wildman–Crippen MR) is 87.0 cm³/mol. The molecule has 8 heteroatoms. The van der Waals surface area contributed by atoms with Crippen LogP contribution in [0.2, 0.25) is 0 Å². The molecule has 0 atom stereocenters.